The molecule has 0 unspecified atom stereocenters. The number of hydrogen-bond acceptors (Lipinski definition) is 6. The molecule has 0 N–H and O–H groups in total. The van der Waals surface area contributed by atoms with Crippen molar-refractivity contribution in [2.75, 3.05) is 65.8 Å². The summed E-state index contributed by atoms with van der Waals surface area (Å²) in [5.74, 6) is -0.255. The Bertz CT molecular complexity index is 405. The summed E-state index contributed by atoms with van der Waals surface area (Å²) in [5.41, 5.74) is 0.929. The van der Waals surface area contributed by atoms with Gasteiger partial charge in [-0.15, -0.1) is 0 Å². The molecule has 0 atom stereocenters. The van der Waals surface area contributed by atoms with E-state index in [0.29, 0.717) is 19.8 Å². The van der Waals surface area contributed by atoms with Crippen LogP contribution in [0, 0.1) is 5.41 Å². The first-order valence-electron chi connectivity index (χ1n) is 8.48. The Labute approximate surface area is 139 Å². The molecular weight excluding hydrogens is 296 g/mol. The summed E-state index contributed by atoms with van der Waals surface area (Å²) in [7, 11) is 0. The fourth-order valence-corrected chi connectivity index (χ4v) is 2.84. The van der Waals surface area contributed by atoms with Crippen LogP contribution in [0.25, 0.3) is 0 Å². The van der Waals surface area contributed by atoms with Gasteiger partial charge in [0.1, 0.15) is 6.61 Å². The van der Waals surface area contributed by atoms with Gasteiger partial charge >= 0.3 is 5.97 Å². The summed E-state index contributed by atoms with van der Waals surface area (Å²) >= 11 is 0. The van der Waals surface area contributed by atoms with Crippen molar-refractivity contribution in [3.63, 3.8) is 0 Å². The SMILES string of the molecule is CC(C)(C)/C(=C/C(=O)OCCN1CCOCC1)N1CCOCC1. The smallest absolute Gasteiger partial charge is 0.332 e. The summed E-state index contributed by atoms with van der Waals surface area (Å²) in [5, 5.41) is 0. The average molecular weight is 326 g/mol. The molecule has 2 rings (SSSR count). The predicted molar refractivity (Wildman–Crippen MR) is 88.1 cm³/mol. The van der Waals surface area contributed by atoms with E-state index in [1.165, 1.54) is 0 Å². The average Bonchev–Trinajstić information content (AvgIpc) is 2.53. The zero-order valence-electron chi connectivity index (χ0n) is 14.7. The van der Waals surface area contributed by atoms with E-state index in [1.54, 1.807) is 6.08 Å². The molecule has 23 heavy (non-hydrogen) atoms. The highest BCUT2D eigenvalue weighted by atomic mass is 16.5. The lowest BCUT2D eigenvalue weighted by atomic mass is 9.90. The molecule has 6 nitrogen and oxygen atoms in total. The molecule has 0 aromatic rings. The fraction of sp³-hybridized carbons (Fsp3) is 0.824. The number of morpholine rings is 2. The number of ether oxygens (including phenoxy) is 3. The third-order valence-corrected chi connectivity index (χ3v) is 4.13. The molecule has 2 aliphatic rings. The molecule has 2 heterocycles. The lowest BCUT2D eigenvalue weighted by molar-refractivity contribution is -0.138. The molecule has 0 saturated carbocycles. The number of esters is 1. The molecule has 0 bridgehead atoms. The summed E-state index contributed by atoms with van der Waals surface area (Å²) < 4.78 is 16.1. The molecular formula is C17H30N2O4. The first-order chi connectivity index (χ1) is 11.0. The van der Waals surface area contributed by atoms with E-state index in [0.717, 1.165) is 51.6 Å². The quantitative estimate of drug-likeness (QED) is 0.557. The third-order valence-electron chi connectivity index (χ3n) is 4.13. The standard InChI is InChI=1S/C17H30N2O4/c1-17(2,3)15(19-7-11-22-12-8-19)14-16(20)23-13-6-18-4-9-21-10-5-18/h14H,4-13H2,1-3H3/b15-14-. The molecule has 2 aliphatic heterocycles. The van der Waals surface area contributed by atoms with Gasteiger partial charge in [-0.1, -0.05) is 20.8 Å². The minimum atomic E-state index is -0.255. The highest BCUT2D eigenvalue weighted by molar-refractivity contribution is 5.82. The topological polar surface area (TPSA) is 51.2 Å². The van der Waals surface area contributed by atoms with Gasteiger partial charge < -0.3 is 19.1 Å². The van der Waals surface area contributed by atoms with Gasteiger partial charge in [0.25, 0.3) is 0 Å². The molecule has 2 fully saturated rings. The second-order valence-electron chi connectivity index (χ2n) is 7.00. The Balaban J connectivity index is 1.85. The predicted octanol–water partition coefficient (Wildman–Crippen LogP) is 1.12. The van der Waals surface area contributed by atoms with Crippen LogP contribution in [0.5, 0.6) is 0 Å². The first-order valence-corrected chi connectivity index (χ1v) is 8.48. The van der Waals surface area contributed by atoms with Gasteiger partial charge in [0.15, 0.2) is 0 Å². The largest absolute Gasteiger partial charge is 0.461 e. The van der Waals surface area contributed by atoms with Gasteiger partial charge in [0.2, 0.25) is 0 Å². The maximum atomic E-state index is 12.2. The Kier molecular flexibility index (Phi) is 6.87. The zero-order valence-corrected chi connectivity index (χ0v) is 14.7. The Morgan fingerprint density at radius 3 is 2.17 bits per heavy atom. The lowest BCUT2D eigenvalue weighted by Crippen LogP contribution is -2.40. The monoisotopic (exact) mass is 326 g/mol. The first kappa shape index (κ1) is 18.2. The highest BCUT2D eigenvalue weighted by Gasteiger charge is 2.25. The van der Waals surface area contributed by atoms with E-state index < -0.39 is 0 Å². The normalized spacial score (nSPS) is 21.3. The van der Waals surface area contributed by atoms with Crippen molar-refractivity contribution in [3.8, 4) is 0 Å². The third kappa shape index (κ3) is 6.12. The molecule has 6 heteroatoms. The number of allylic oxidation sites excluding steroid dienone is 1. The van der Waals surface area contributed by atoms with Crippen molar-refractivity contribution in [3.05, 3.63) is 11.8 Å². The van der Waals surface area contributed by atoms with Crippen molar-refractivity contribution in [2.24, 2.45) is 5.41 Å². The summed E-state index contributed by atoms with van der Waals surface area (Å²) in [6.07, 6.45) is 1.66. The molecule has 2 saturated heterocycles. The fourth-order valence-electron chi connectivity index (χ4n) is 2.84. The number of carbonyl (C=O) groups is 1. The molecule has 0 aromatic carbocycles. The van der Waals surface area contributed by atoms with Crippen LogP contribution < -0.4 is 0 Å². The van der Waals surface area contributed by atoms with Gasteiger partial charge in [-0.25, -0.2) is 4.79 Å². The molecule has 0 aliphatic carbocycles. The van der Waals surface area contributed by atoms with Crippen LogP contribution in [-0.4, -0.2) is 81.5 Å². The van der Waals surface area contributed by atoms with Gasteiger partial charge in [-0.2, -0.15) is 0 Å². The van der Waals surface area contributed by atoms with E-state index in [9.17, 15) is 4.79 Å². The number of carbonyl (C=O) groups excluding carboxylic acids is 1. The second kappa shape index (κ2) is 8.66. The minimum Gasteiger partial charge on any atom is -0.461 e. The van der Waals surface area contributed by atoms with Crippen LogP contribution in [-0.2, 0) is 19.0 Å². The highest BCUT2D eigenvalue weighted by Crippen LogP contribution is 2.29. The van der Waals surface area contributed by atoms with E-state index in [1.807, 2.05) is 0 Å². The maximum Gasteiger partial charge on any atom is 0.332 e. The number of nitrogens with zero attached hydrogens (tertiary/aromatic N) is 2. The minimum absolute atomic E-state index is 0.0967. The Morgan fingerprint density at radius 1 is 1.04 bits per heavy atom. The van der Waals surface area contributed by atoms with Crippen molar-refractivity contribution in [1.29, 1.82) is 0 Å². The second-order valence-corrected chi connectivity index (χ2v) is 7.00. The molecule has 0 radical (unpaired) electrons. The van der Waals surface area contributed by atoms with E-state index in [4.69, 9.17) is 14.2 Å². The van der Waals surface area contributed by atoms with Crippen molar-refractivity contribution >= 4 is 5.97 Å². The number of hydrogen-bond donors (Lipinski definition) is 0. The van der Waals surface area contributed by atoms with Crippen molar-refractivity contribution in [2.45, 2.75) is 20.8 Å². The van der Waals surface area contributed by atoms with Crippen LogP contribution in [0.1, 0.15) is 20.8 Å². The van der Waals surface area contributed by atoms with Crippen LogP contribution in [0.15, 0.2) is 11.8 Å². The molecule has 132 valence electrons. The van der Waals surface area contributed by atoms with Gasteiger partial charge in [0, 0.05) is 49.9 Å². The van der Waals surface area contributed by atoms with Gasteiger partial charge in [-0.05, 0) is 0 Å². The van der Waals surface area contributed by atoms with Crippen molar-refractivity contribution in [1.82, 2.24) is 9.80 Å². The maximum absolute atomic E-state index is 12.2. The van der Waals surface area contributed by atoms with Crippen LogP contribution in [0.3, 0.4) is 0 Å². The number of rotatable bonds is 5. The summed E-state index contributed by atoms with van der Waals surface area (Å²) in [6, 6.07) is 0. The Morgan fingerprint density at radius 2 is 1.61 bits per heavy atom. The lowest BCUT2D eigenvalue weighted by Gasteiger charge is -2.37. The molecule has 0 spiro atoms. The van der Waals surface area contributed by atoms with Crippen LogP contribution >= 0.6 is 0 Å². The van der Waals surface area contributed by atoms with Gasteiger partial charge in [-0.3, -0.25) is 4.90 Å². The van der Waals surface area contributed by atoms with Crippen LogP contribution in [0.2, 0.25) is 0 Å². The van der Waals surface area contributed by atoms with E-state index >= 15 is 0 Å². The van der Waals surface area contributed by atoms with Crippen LogP contribution in [0.4, 0.5) is 0 Å². The zero-order chi connectivity index (χ0) is 16.7. The Hall–Kier alpha value is -1.11. The molecule has 0 aromatic heterocycles. The molecule has 0 amide bonds. The van der Waals surface area contributed by atoms with E-state index in [2.05, 4.69) is 30.6 Å². The summed E-state index contributed by atoms with van der Waals surface area (Å²) in [6.45, 7) is 14.0. The summed E-state index contributed by atoms with van der Waals surface area (Å²) in [4.78, 5) is 16.7. The van der Waals surface area contributed by atoms with E-state index in [-0.39, 0.29) is 11.4 Å². The van der Waals surface area contributed by atoms with Gasteiger partial charge in [0.05, 0.1) is 26.4 Å². The van der Waals surface area contributed by atoms with Crippen molar-refractivity contribution < 1.29 is 19.0 Å².